The second kappa shape index (κ2) is 12.1. The smallest absolute Gasteiger partial charge is 0.335 e. The molecule has 59 heavy (non-hydrogen) atoms. The van der Waals surface area contributed by atoms with Crippen LogP contribution in [-0.4, -0.2) is 127 Å². The van der Waals surface area contributed by atoms with Crippen LogP contribution in [-0.2, 0) is 29.9 Å². The summed E-state index contributed by atoms with van der Waals surface area (Å²) in [5.41, 5.74) is 3.30. The Morgan fingerprint density at radius 1 is 0.814 bits per heavy atom. The lowest BCUT2D eigenvalue weighted by Crippen LogP contribution is -2.69. The molecule has 2 spiro atoms. The van der Waals surface area contributed by atoms with Crippen molar-refractivity contribution < 1.29 is 53.7 Å². The highest BCUT2D eigenvalue weighted by atomic mass is 16.5. The number of phenolic OH excluding ortho intramolecular Hbond substituents is 1. The number of fused-ring (bicyclic) bond motifs is 6. The van der Waals surface area contributed by atoms with Crippen LogP contribution < -0.4 is 24.8 Å². The van der Waals surface area contributed by atoms with Gasteiger partial charge in [0.15, 0.2) is 11.5 Å². The van der Waals surface area contributed by atoms with Gasteiger partial charge in [0.2, 0.25) is 5.75 Å². The molecule has 15 nitrogen and oxygen atoms in total. The van der Waals surface area contributed by atoms with E-state index in [0.717, 1.165) is 28.1 Å². The summed E-state index contributed by atoms with van der Waals surface area (Å²) in [7, 11) is 5.74. The zero-order valence-corrected chi connectivity index (χ0v) is 34.2. The van der Waals surface area contributed by atoms with E-state index in [1.165, 1.54) is 28.4 Å². The molecule has 7 heterocycles. The number of anilines is 2. The van der Waals surface area contributed by atoms with E-state index < -0.39 is 58.0 Å². The highest BCUT2D eigenvalue weighted by Crippen LogP contribution is 2.72. The molecule has 2 aromatic rings. The fraction of sp³-hybridized carbons (Fsp3) is 0.591. The molecule has 0 unspecified atom stereocenters. The number of aliphatic hydroxyl groups excluding tert-OH is 3. The summed E-state index contributed by atoms with van der Waals surface area (Å²) in [6.07, 6.45) is -0.871. The van der Waals surface area contributed by atoms with Crippen LogP contribution in [0.3, 0.4) is 0 Å². The molecule has 0 amide bonds. The normalized spacial score (nSPS) is 39.0. The van der Waals surface area contributed by atoms with Crippen molar-refractivity contribution in [3.63, 3.8) is 0 Å². The third kappa shape index (κ3) is 4.03. The van der Waals surface area contributed by atoms with Crippen molar-refractivity contribution in [1.29, 1.82) is 0 Å². The first-order chi connectivity index (χ1) is 28.4. The second-order valence-electron chi connectivity index (χ2n) is 18.3. The van der Waals surface area contributed by atoms with Crippen molar-refractivity contribution in [2.45, 2.75) is 106 Å². The Balaban J connectivity index is 1.11. The minimum atomic E-state index is -1.04. The van der Waals surface area contributed by atoms with Crippen molar-refractivity contribution in [2.24, 2.45) is 10.8 Å². The van der Waals surface area contributed by atoms with Crippen LogP contribution in [0.2, 0.25) is 0 Å². The number of hydrogen-bond acceptors (Lipinski definition) is 15. The molecule has 11 rings (SSSR count). The molecule has 314 valence electrons. The number of benzene rings is 2. The third-order valence-corrected chi connectivity index (χ3v) is 16.7. The lowest BCUT2D eigenvalue weighted by atomic mass is 9.51. The highest BCUT2D eigenvalue weighted by molar-refractivity contribution is 5.95. The number of nitrogens with zero attached hydrogens (tertiary/aromatic N) is 2. The molecule has 11 atom stereocenters. The van der Waals surface area contributed by atoms with Gasteiger partial charge >= 0.3 is 11.9 Å². The fourth-order valence-electron chi connectivity index (χ4n) is 14.6. The van der Waals surface area contributed by atoms with Gasteiger partial charge in [0.1, 0.15) is 18.0 Å². The Labute approximate surface area is 341 Å². The van der Waals surface area contributed by atoms with E-state index in [4.69, 9.17) is 23.7 Å². The van der Waals surface area contributed by atoms with Crippen LogP contribution in [0.5, 0.6) is 23.0 Å². The van der Waals surface area contributed by atoms with Gasteiger partial charge < -0.3 is 54.7 Å². The molecule has 2 aromatic carbocycles. The Hall–Kier alpha value is -4.54. The monoisotopic (exact) mass is 812 g/mol. The van der Waals surface area contributed by atoms with Crippen LogP contribution in [0.15, 0.2) is 40.7 Å². The minimum Gasteiger partial charge on any atom is -0.504 e. The van der Waals surface area contributed by atoms with Crippen LogP contribution in [0, 0.1) is 10.8 Å². The Morgan fingerprint density at radius 3 is 2.08 bits per heavy atom. The van der Waals surface area contributed by atoms with E-state index in [0.29, 0.717) is 79.3 Å². The first-order valence-corrected chi connectivity index (χ1v) is 20.9. The highest BCUT2D eigenvalue weighted by Gasteiger charge is 2.75. The van der Waals surface area contributed by atoms with E-state index in [9.17, 15) is 30.0 Å². The lowest BCUT2D eigenvalue weighted by molar-refractivity contribution is -0.168. The average molecular weight is 813 g/mol. The van der Waals surface area contributed by atoms with Crippen LogP contribution in [0.1, 0.15) is 75.1 Å². The molecular formula is C44H52N4O11. The van der Waals surface area contributed by atoms with Crippen LogP contribution in [0.25, 0.3) is 0 Å². The van der Waals surface area contributed by atoms with Crippen molar-refractivity contribution in [3.05, 3.63) is 57.4 Å². The van der Waals surface area contributed by atoms with Gasteiger partial charge in [0.05, 0.1) is 74.4 Å². The summed E-state index contributed by atoms with van der Waals surface area (Å²) in [4.78, 5) is 32.3. The molecule has 0 bridgehead atoms. The summed E-state index contributed by atoms with van der Waals surface area (Å²) in [6.45, 7) is 5.68. The van der Waals surface area contributed by atoms with Gasteiger partial charge in [-0.15, -0.1) is 0 Å². The summed E-state index contributed by atoms with van der Waals surface area (Å²) < 4.78 is 29.2. The zero-order chi connectivity index (χ0) is 41.3. The number of phenols is 1. The number of carbonyl (C=O) groups is 2. The zero-order valence-electron chi connectivity index (χ0n) is 34.2. The maximum atomic E-state index is 13.9. The molecule has 4 saturated heterocycles. The number of nitrogens with one attached hydrogen (secondary N) is 2. The number of aliphatic hydroxyl groups is 3. The lowest BCUT2D eigenvalue weighted by Gasteiger charge is -2.60. The molecule has 0 aromatic heterocycles. The molecule has 0 radical (unpaired) electrons. The Kier molecular flexibility index (Phi) is 7.66. The van der Waals surface area contributed by atoms with Crippen LogP contribution in [0.4, 0.5) is 11.4 Å². The van der Waals surface area contributed by atoms with E-state index in [-0.39, 0.29) is 42.5 Å². The summed E-state index contributed by atoms with van der Waals surface area (Å²) in [5, 5.41) is 54.8. The topological polar surface area (TPSA) is 192 Å². The predicted octanol–water partition coefficient (Wildman–Crippen LogP) is 2.95. The van der Waals surface area contributed by atoms with Crippen molar-refractivity contribution in [1.82, 2.24) is 9.80 Å². The first-order valence-electron chi connectivity index (χ1n) is 20.9. The average Bonchev–Trinajstić information content (AvgIpc) is 4.06. The number of carbonyl (C=O) groups excluding carboxylic acids is 2. The van der Waals surface area contributed by atoms with Crippen molar-refractivity contribution in [2.75, 3.05) is 58.7 Å². The van der Waals surface area contributed by atoms with Gasteiger partial charge in [-0.2, -0.15) is 0 Å². The van der Waals surface area contributed by atoms with Gasteiger partial charge in [-0.1, -0.05) is 13.8 Å². The first kappa shape index (κ1) is 37.5. The van der Waals surface area contributed by atoms with Gasteiger partial charge in [0, 0.05) is 64.7 Å². The number of aromatic hydroxyl groups is 1. The number of piperidine rings is 2. The number of methoxy groups -OCH3 is 4. The van der Waals surface area contributed by atoms with Crippen LogP contribution >= 0.6 is 0 Å². The van der Waals surface area contributed by atoms with E-state index in [1.54, 1.807) is 6.07 Å². The largest absolute Gasteiger partial charge is 0.504 e. The molecule has 6 N–H and O–H groups in total. The van der Waals surface area contributed by atoms with E-state index >= 15 is 0 Å². The quantitative estimate of drug-likeness (QED) is 0.184. The minimum absolute atomic E-state index is 0.0888. The Bertz CT molecular complexity index is 2330. The molecule has 2 aliphatic carbocycles. The fourth-order valence-corrected chi connectivity index (χ4v) is 14.6. The maximum absolute atomic E-state index is 13.9. The van der Waals surface area contributed by atoms with Gasteiger partial charge in [-0.05, 0) is 68.3 Å². The molecular weight excluding hydrogens is 761 g/mol. The number of esters is 2. The standard InChI is InChI=1S/C44H52N4O11/c1-7-41-16-20(37(53)57-5)33-43(9-11-47(39(41)43)18-26(50)35(41)51)22-13-19-27(15-24(22)45-33)59-32-29(19)48-12-10-44-23-14-25(49)30(55-3)31(56-4)28(23)46-34(44)21(38(54)58-6)17-42(8-2,36(32)52)40(44)48/h13-15,26,29,32,35-36,39-40,45-46,49-52H,7-12,16-18H2,1-6H3/t26-,29+,32-,35+,36+,39-,40-,41+,42+,43-,44-/m0/s1. The van der Waals surface area contributed by atoms with Crippen molar-refractivity contribution >= 4 is 23.3 Å². The SMILES string of the molecule is CC[C@@]12CC(C(=O)OC)=C3Nc4cc5c(cc4[C@@]34CCN(C[C@H](O)[C@H]1O)[C@@H]24)[C@@H]1[C@H](O5)[C@@H](O)[C@@]2(CC)CC(C(=O)OC)=C3Nc4c(cc(O)c(OC)c4OC)[C@@]34CCN1[C@@H]24. The molecule has 4 fully saturated rings. The van der Waals surface area contributed by atoms with E-state index in [2.05, 4.69) is 33.4 Å². The number of ether oxygens (including phenoxy) is 5. The van der Waals surface area contributed by atoms with Crippen molar-refractivity contribution in [3.8, 4) is 23.0 Å². The third-order valence-electron chi connectivity index (χ3n) is 16.7. The Morgan fingerprint density at radius 2 is 1.44 bits per heavy atom. The summed E-state index contributed by atoms with van der Waals surface area (Å²) in [5.74, 6) is 0.117. The summed E-state index contributed by atoms with van der Waals surface area (Å²) in [6, 6.07) is 5.02. The maximum Gasteiger partial charge on any atom is 0.335 e. The van der Waals surface area contributed by atoms with Gasteiger partial charge in [-0.3, -0.25) is 9.80 Å². The van der Waals surface area contributed by atoms with Gasteiger partial charge in [0.25, 0.3) is 0 Å². The number of hydrogen-bond donors (Lipinski definition) is 6. The van der Waals surface area contributed by atoms with Gasteiger partial charge in [-0.25, -0.2) is 9.59 Å². The molecule has 7 aliphatic heterocycles. The second-order valence-corrected chi connectivity index (χ2v) is 18.3. The predicted molar refractivity (Wildman–Crippen MR) is 211 cm³/mol. The molecule has 15 heteroatoms. The summed E-state index contributed by atoms with van der Waals surface area (Å²) >= 11 is 0. The molecule has 9 aliphatic rings. The number of rotatable bonds is 6. The van der Waals surface area contributed by atoms with E-state index in [1.807, 2.05) is 13.0 Å². The molecule has 0 saturated carbocycles.